The average molecular weight is 550 g/mol. The van der Waals surface area contributed by atoms with Gasteiger partial charge in [-0.25, -0.2) is 14.5 Å². The SMILES string of the molecule is COC(=O)c1ccc(OC(F)(C(=O)Cc2ccc(NC(=O)Nc3ccccc3C)c(OC)c2)N2CCCC2)cc1. The minimum atomic E-state index is -2.71. The van der Waals surface area contributed by atoms with Crippen LogP contribution in [0.25, 0.3) is 0 Å². The van der Waals surface area contributed by atoms with Crippen molar-refractivity contribution in [1.29, 1.82) is 0 Å². The molecule has 1 aliphatic heterocycles. The van der Waals surface area contributed by atoms with E-state index >= 15 is 4.39 Å². The quantitative estimate of drug-likeness (QED) is 0.260. The predicted octanol–water partition coefficient (Wildman–Crippen LogP) is 5.34. The molecule has 2 N–H and O–H groups in total. The van der Waals surface area contributed by atoms with Crippen LogP contribution in [0.1, 0.15) is 34.3 Å². The van der Waals surface area contributed by atoms with Crippen molar-refractivity contribution in [3.63, 3.8) is 0 Å². The van der Waals surface area contributed by atoms with Crippen LogP contribution in [0.2, 0.25) is 0 Å². The number of hydrogen-bond acceptors (Lipinski definition) is 7. The predicted molar refractivity (Wildman–Crippen MR) is 149 cm³/mol. The summed E-state index contributed by atoms with van der Waals surface area (Å²) in [6.45, 7) is 2.62. The number of halogens is 1. The highest BCUT2D eigenvalue weighted by atomic mass is 19.2. The minimum Gasteiger partial charge on any atom is -0.495 e. The Morgan fingerprint density at radius 2 is 1.60 bits per heavy atom. The third-order valence-corrected chi connectivity index (χ3v) is 6.66. The normalized spacial score (nSPS) is 14.6. The maximum atomic E-state index is 16.4. The van der Waals surface area contributed by atoms with Gasteiger partial charge in [-0.1, -0.05) is 24.3 Å². The van der Waals surface area contributed by atoms with Crippen molar-refractivity contribution in [3.05, 3.63) is 83.4 Å². The number of methoxy groups -OCH3 is 2. The van der Waals surface area contributed by atoms with Crippen LogP contribution in [0.3, 0.4) is 0 Å². The standard InChI is InChI=1S/C30H32FN3O6/c1-20-8-4-5-9-24(20)32-29(37)33-25-15-10-21(18-26(25)38-2)19-27(35)30(31,34-16-6-7-17-34)40-23-13-11-22(12-14-23)28(36)39-3/h4-5,8-15,18H,6-7,16-17,19H2,1-3H3,(H2,32,33,37). The summed E-state index contributed by atoms with van der Waals surface area (Å²) in [6, 6.07) is 17.5. The van der Waals surface area contributed by atoms with Crippen molar-refractivity contribution in [2.45, 2.75) is 32.2 Å². The van der Waals surface area contributed by atoms with Crippen molar-refractivity contribution in [2.24, 2.45) is 0 Å². The zero-order chi connectivity index (χ0) is 28.7. The molecule has 210 valence electrons. The van der Waals surface area contributed by atoms with E-state index in [2.05, 4.69) is 15.4 Å². The van der Waals surface area contributed by atoms with Crippen LogP contribution in [-0.4, -0.2) is 56.0 Å². The summed E-state index contributed by atoms with van der Waals surface area (Å²) < 4.78 is 32.2. The number of alkyl halides is 1. The van der Waals surface area contributed by atoms with Gasteiger partial charge >= 0.3 is 18.0 Å². The molecule has 1 atom stereocenters. The van der Waals surface area contributed by atoms with E-state index in [9.17, 15) is 14.4 Å². The van der Waals surface area contributed by atoms with Gasteiger partial charge in [0.1, 0.15) is 11.5 Å². The molecule has 3 aromatic rings. The second-order valence-corrected chi connectivity index (χ2v) is 9.40. The highest BCUT2D eigenvalue weighted by Gasteiger charge is 2.48. The van der Waals surface area contributed by atoms with Crippen molar-refractivity contribution >= 4 is 29.2 Å². The molecule has 3 aromatic carbocycles. The van der Waals surface area contributed by atoms with Crippen LogP contribution in [0.5, 0.6) is 11.5 Å². The number of rotatable bonds is 10. The molecule has 1 fully saturated rings. The summed E-state index contributed by atoms with van der Waals surface area (Å²) in [6.07, 6.45) is 1.20. The zero-order valence-electron chi connectivity index (χ0n) is 22.7. The van der Waals surface area contributed by atoms with Gasteiger partial charge in [0.05, 0.1) is 25.5 Å². The lowest BCUT2D eigenvalue weighted by Crippen LogP contribution is -2.55. The number of carbonyl (C=O) groups excluding carboxylic acids is 3. The van der Waals surface area contributed by atoms with Gasteiger partial charge in [0.25, 0.3) is 0 Å². The van der Waals surface area contributed by atoms with E-state index in [1.165, 1.54) is 43.4 Å². The Hall–Kier alpha value is -4.44. The van der Waals surface area contributed by atoms with Crippen molar-refractivity contribution in [1.82, 2.24) is 4.90 Å². The number of urea groups is 1. The van der Waals surface area contributed by atoms with Gasteiger partial charge in [0.15, 0.2) is 0 Å². The number of para-hydroxylation sites is 1. The average Bonchev–Trinajstić information content (AvgIpc) is 3.51. The van der Waals surface area contributed by atoms with Gasteiger partial charge in [0, 0.05) is 25.2 Å². The van der Waals surface area contributed by atoms with Crippen molar-refractivity contribution < 1.29 is 33.0 Å². The number of esters is 1. The number of aryl methyl sites for hydroxylation is 1. The number of ketones is 1. The van der Waals surface area contributed by atoms with E-state index < -0.39 is 23.8 Å². The van der Waals surface area contributed by atoms with E-state index in [0.717, 1.165) is 18.4 Å². The highest BCUT2D eigenvalue weighted by Crippen LogP contribution is 2.32. The topological polar surface area (TPSA) is 106 Å². The molecule has 0 aliphatic carbocycles. The Morgan fingerprint density at radius 1 is 0.925 bits per heavy atom. The third kappa shape index (κ3) is 6.58. The number of likely N-dealkylation sites (tertiary alicyclic amines) is 1. The molecular weight excluding hydrogens is 517 g/mol. The fourth-order valence-electron chi connectivity index (χ4n) is 4.47. The van der Waals surface area contributed by atoms with Crippen LogP contribution in [0, 0.1) is 6.92 Å². The summed E-state index contributed by atoms with van der Waals surface area (Å²) in [5.74, 6) is -3.61. The van der Waals surface area contributed by atoms with E-state index in [1.807, 2.05) is 25.1 Å². The number of carbonyl (C=O) groups is 3. The molecule has 0 aromatic heterocycles. The number of ether oxygens (including phenoxy) is 3. The van der Waals surface area contributed by atoms with Crippen LogP contribution < -0.4 is 20.1 Å². The maximum absolute atomic E-state index is 16.4. The zero-order valence-corrected chi connectivity index (χ0v) is 22.7. The number of Topliss-reactive ketones (excluding diaryl/α,β-unsaturated/α-hetero) is 1. The summed E-state index contributed by atoms with van der Waals surface area (Å²) in [5, 5.41) is 5.53. The highest BCUT2D eigenvalue weighted by molar-refractivity contribution is 6.01. The largest absolute Gasteiger partial charge is 0.495 e. The fraction of sp³-hybridized carbons (Fsp3) is 0.300. The first kappa shape index (κ1) is 28.6. The molecule has 1 saturated heterocycles. The Bertz CT molecular complexity index is 1370. The molecule has 1 aliphatic rings. The first-order chi connectivity index (χ1) is 19.2. The van der Waals surface area contributed by atoms with Gasteiger partial charge in [-0.05, 0) is 73.4 Å². The van der Waals surface area contributed by atoms with E-state index in [4.69, 9.17) is 9.47 Å². The van der Waals surface area contributed by atoms with E-state index in [1.54, 1.807) is 24.3 Å². The van der Waals surface area contributed by atoms with Crippen molar-refractivity contribution in [3.8, 4) is 11.5 Å². The Balaban J connectivity index is 1.49. The first-order valence-electron chi connectivity index (χ1n) is 12.9. The summed E-state index contributed by atoms with van der Waals surface area (Å²) >= 11 is 0. The minimum absolute atomic E-state index is 0.104. The fourth-order valence-corrected chi connectivity index (χ4v) is 4.47. The van der Waals surface area contributed by atoms with E-state index in [0.29, 0.717) is 35.8 Å². The molecule has 0 saturated carbocycles. The van der Waals surface area contributed by atoms with E-state index in [-0.39, 0.29) is 17.7 Å². The smallest absolute Gasteiger partial charge is 0.371 e. The molecule has 0 spiro atoms. The Morgan fingerprint density at radius 3 is 2.25 bits per heavy atom. The van der Waals surface area contributed by atoms with Crippen LogP contribution >= 0.6 is 0 Å². The molecular formula is C30H32FN3O6. The molecule has 4 rings (SSSR count). The summed E-state index contributed by atoms with van der Waals surface area (Å²) in [7, 11) is 2.71. The summed E-state index contributed by atoms with van der Waals surface area (Å²) in [4.78, 5) is 39.1. The molecule has 40 heavy (non-hydrogen) atoms. The number of nitrogens with one attached hydrogen (secondary N) is 2. The van der Waals surface area contributed by atoms with Crippen LogP contribution in [0.15, 0.2) is 66.7 Å². The number of hydrogen-bond donors (Lipinski definition) is 2. The van der Waals surface area contributed by atoms with Gasteiger partial charge in [-0.3, -0.25) is 4.79 Å². The first-order valence-corrected chi connectivity index (χ1v) is 12.9. The Kier molecular flexibility index (Phi) is 9.00. The monoisotopic (exact) mass is 549 g/mol. The molecule has 0 bridgehead atoms. The lowest BCUT2D eigenvalue weighted by molar-refractivity contribution is -0.191. The number of benzene rings is 3. The van der Waals surface area contributed by atoms with Gasteiger partial charge < -0.3 is 24.8 Å². The second-order valence-electron chi connectivity index (χ2n) is 9.40. The van der Waals surface area contributed by atoms with Gasteiger partial charge in [0.2, 0.25) is 5.78 Å². The molecule has 10 heteroatoms. The molecule has 9 nitrogen and oxygen atoms in total. The lowest BCUT2D eigenvalue weighted by atomic mass is 10.1. The number of anilines is 2. The van der Waals surface area contributed by atoms with Crippen molar-refractivity contribution in [2.75, 3.05) is 37.9 Å². The maximum Gasteiger partial charge on any atom is 0.371 e. The Labute approximate surface area is 232 Å². The number of nitrogens with zero attached hydrogens (tertiary/aromatic N) is 1. The van der Waals surface area contributed by atoms with Crippen LogP contribution in [-0.2, 0) is 16.0 Å². The van der Waals surface area contributed by atoms with Crippen LogP contribution in [0.4, 0.5) is 20.6 Å². The molecule has 0 radical (unpaired) electrons. The molecule has 1 unspecified atom stereocenters. The molecule has 2 amide bonds. The van der Waals surface area contributed by atoms with Gasteiger partial charge in [-0.2, -0.15) is 4.39 Å². The lowest BCUT2D eigenvalue weighted by Gasteiger charge is -2.33. The second kappa shape index (κ2) is 12.6. The summed E-state index contributed by atoms with van der Waals surface area (Å²) in [5.41, 5.74) is 2.73. The number of amides is 2. The van der Waals surface area contributed by atoms with Gasteiger partial charge in [-0.15, -0.1) is 0 Å². The molecule has 1 heterocycles. The third-order valence-electron chi connectivity index (χ3n) is 6.66.